The minimum atomic E-state index is -0.0288. The third kappa shape index (κ3) is 1.20. The number of hydrogen-bond donors (Lipinski definition) is 1. The van der Waals surface area contributed by atoms with Gasteiger partial charge < -0.3 is 5.32 Å². The number of rotatable bonds is 0. The Kier molecular flexibility index (Phi) is 1.55. The SMILES string of the molecule is C/C=C1/CC(C)(C)NC1=O. The van der Waals surface area contributed by atoms with Gasteiger partial charge in [0, 0.05) is 17.5 Å². The van der Waals surface area contributed by atoms with Gasteiger partial charge >= 0.3 is 0 Å². The van der Waals surface area contributed by atoms with Crippen molar-refractivity contribution in [1.82, 2.24) is 5.32 Å². The molecular weight excluding hydrogens is 126 g/mol. The van der Waals surface area contributed by atoms with E-state index in [2.05, 4.69) is 5.32 Å². The molecule has 1 fully saturated rings. The molecule has 0 aromatic rings. The van der Waals surface area contributed by atoms with Gasteiger partial charge in [-0.1, -0.05) is 6.08 Å². The Morgan fingerprint density at radius 1 is 1.60 bits per heavy atom. The van der Waals surface area contributed by atoms with Crippen LogP contribution in [0.15, 0.2) is 11.6 Å². The maximum absolute atomic E-state index is 11.0. The highest BCUT2D eigenvalue weighted by Gasteiger charge is 2.31. The summed E-state index contributed by atoms with van der Waals surface area (Å²) in [7, 11) is 0. The molecule has 0 saturated carbocycles. The monoisotopic (exact) mass is 139 g/mol. The fourth-order valence-electron chi connectivity index (χ4n) is 1.22. The predicted molar refractivity (Wildman–Crippen MR) is 40.6 cm³/mol. The van der Waals surface area contributed by atoms with E-state index < -0.39 is 0 Å². The van der Waals surface area contributed by atoms with Crippen molar-refractivity contribution in [2.75, 3.05) is 0 Å². The molecule has 0 unspecified atom stereocenters. The van der Waals surface area contributed by atoms with Crippen LogP contribution in [0.3, 0.4) is 0 Å². The van der Waals surface area contributed by atoms with Crippen LogP contribution in [0.2, 0.25) is 0 Å². The zero-order valence-corrected chi connectivity index (χ0v) is 6.69. The molecule has 0 bridgehead atoms. The van der Waals surface area contributed by atoms with E-state index >= 15 is 0 Å². The molecule has 2 heteroatoms. The Balaban J connectivity index is 2.81. The van der Waals surface area contributed by atoms with E-state index in [0.29, 0.717) is 0 Å². The summed E-state index contributed by atoms with van der Waals surface area (Å²) in [5, 5.41) is 2.89. The summed E-state index contributed by atoms with van der Waals surface area (Å²) in [6, 6.07) is 0. The fourth-order valence-corrected chi connectivity index (χ4v) is 1.22. The lowest BCUT2D eigenvalue weighted by molar-refractivity contribution is -0.116. The van der Waals surface area contributed by atoms with Crippen LogP contribution in [-0.2, 0) is 4.79 Å². The quantitative estimate of drug-likeness (QED) is 0.502. The van der Waals surface area contributed by atoms with Crippen molar-refractivity contribution in [1.29, 1.82) is 0 Å². The van der Waals surface area contributed by atoms with Crippen molar-refractivity contribution >= 4 is 5.91 Å². The van der Waals surface area contributed by atoms with Gasteiger partial charge in [0.05, 0.1) is 0 Å². The highest BCUT2D eigenvalue weighted by atomic mass is 16.2. The molecule has 1 aliphatic rings. The van der Waals surface area contributed by atoms with E-state index in [1.165, 1.54) is 0 Å². The number of nitrogens with one attached hydrogen (secondary N) is 1. The summed E-state index contributed by atoms with van der Waals surface area (Å²) in [6.07, 6.45) is 2.73. The highest BCUT2D eigenvalue weighted by Crippen LogP contribution is 2.22. The highest BCUT2D eigenvalue weighted by molar-refractivity contribution is 5.96. The van der Waals surface area contributed by atoms with Crippen molar-refractivity contribution in [2.45, 2.75) is 32.7 Å². The van der Waals surface area contributed by atoms with Gasteiger partial charge in [0.25, 0.3) is 0 Å². The van der Waals surface area contributed by atoms with Crippen molar-refractivity contribution in [3.05, 3.63) is 11.6 Å². The smallest absolute Gasteiger partial charge is 0.247 e. The first-order valence-electron chi connectivity index (χ1n) is 3.53. The Morgan fingerprint density at radius 3 is 2.40 bits per heavy atom. The largest absolute Gasteiger partial charge is 0.347 e. The Bertz CT molecular complexity index is 191. The van der Waals surface area contributed by atoms with E-state index in [9.17, 15) is 4.79 Å². The predicted octanol–water partition coefficient (Wildman–Crippen LogP) is 1.23. The van der Waals surface area contributed by atoms with Crippen LogP contribution in [0.1, 0.15) is 27.2 Å². The van der Waals surface area contributed by atoms with E-state index in [-0.39, 0.29) is 11.4 Å². The Morgan fingerprint density at radius 2 is 2.20 bits per heavy atom. The van der Waals surface area contributed by atoms with Gasteiger partial charge in [-0.25, -0.2) is 0 Å². The zero-order chi connectivity index (χ0) is 7.78. The van der Waals surface area contributed by atoms with Gasteiger partial charge in [-0.15, -0.1) is 0 Å². The van der Waals surface area contributed by atoms with E-state index in [1.54, 1.807) is 0 Å². The minimum Gasteiger partial charge on any atom is -0.347 e. The van der Waals surface area contributed by atoms with Crippen LogP contribution >= 0.6 is 0 Å². The van der Waals surface area contributed by atoms with Gasteiger partial charge in [0.1, 0.15) is 0 Å². The van der Waals surface area contributed by atoms with Gasteiger partial charge in [-0.2, -0.15) is 0 Å². The number of amides is 1. The summed E-state index contributed by atoms with van der Waals surface area (Å²) >= 11 is 0. The summed E-state index contributed by atoms with van der Waals surface area (Å²) in [5.74, 6) is 0.0903. The second kappa shape index (κ2) is 2.11. The average Bonchev–Trinajstić information content (AvgIpc) is 2.05. The molecule has 1 amide bonds. The zero-order valence-electron chi connectivity index (χ0n) is 6.69. The first-order chi connectivity index (χ1) is 4.55. The second-order valence-electron chi connectivity index (χ2n) is 3.33. The third-order valence-corrected chi connectivity index (χ3v) is 1.72. The fraction of sp³-hybridized carbons (Fsp3) is 0.625. The maximum Gasteiger partial charge on any atom is 0.247 e. The van der Waals surface area contributed by atoms with Crippen LogP contribution in [-0.4, -0.2) is 11.4 Å². The normalized spacial score (nSPS) is 27.1. The molecule has 1 aliphatic heterocycles. The average molecular weight is 139 g/mol. The molecule has 2 nitrogen and oxygen atoms in total. The molecule has 0 radical (unpaired) electrons. The minimum absolute atomic E-state index is 0.0288. The molecule has 10 heavy (non-hydrogen) atoms. The van der Waals surface area contributed by atoms with E-state index in [0.717, 1.165) is 12.0 Å². The van der Waals surface area contributed by atoms with Gasteiger partial charge in [0.2, 0.25) is 5.91 Å². The van der Waals surface area contributed by atoms with Crippen LogP contribution in [0.4, 0.5) is 0 Å². The van der Waals surface area contributed by atoms with Gasteiger partial charge in [-0.05, 0) is 20.8 Å². The number of hydrogen-bond acceptors (Lipinski definition) is 1. The summed E-state index contributed by atoms with van der Waals surface area (Å²) in [6.45, 7) is 5.96. The number of carbonyl (C=O) groups is 1. The van der Waals surface area contributed by atoms with Crippen LogP contribution in [0.5, 0.6) is 0 Å². The van der Waals surface area contributed by atoms with Gasteiger partial charge in [-0.3, -0.25) is 4.79 Å². The number of carbonyl (C=O) groups excluding carboxylic acids is 1. The molecule has 0 atom stereocenters. The van der Waals surface area contributed by atoms with Crippen molar-refractivity contribution in [3.63, 3.8) is 0 Å². The summed E-state index contributed by atoms with van der Waals surface area (Å²) < 4.78 is 0. The first-order valence-corrected chi connectivity index (χ1v) is 3.53. The Labute approximate surface area is 61.3 Å². The van der Waals surface area contributed by atoms with E-state index in [1.807, 2.05) is 26.8 Å². The maximum atomic E-state index is 11.0. The molecule has 1 heterocycles. The third-order valence-electron chi connectivity index (χ3n) is 1.72. The molecular formula is C8H13NO. The summed E-state index contributed by atoms with van der Waals surface area (Å²) in [4.78, 5) is 11.0. The second-order valence-corrected chi connectivity index (χ2v) is 3.33. The van der Waals surface area contributed by atoms with Crippen molar-refractivity contribution in [2.24, 2.45) is 0 Å². The molecule has 0 aliphatic carbocycles. The number of allylic oxidation sites excluding steroid dienone is 1. The topological polar surface area (TPSA) is 29.1 Å². The van der Waals surface area contributed by atoms with Crippen molar-refractivity contribution in [3.8, 4) is 0 Å². The molecule has 1 saturated heterocycles. The molecule has 56 valence electrons. The Hall–Kier alpha value is -0.790. The lowest BCUT2D eigenvalue weighted by atomic mass is 10.0. The van der Waals surface area contributed by atoms with Crippen molar-refractivity contribution < 1.29 is 4.79 Å². The lowest BCUT2D eigenvalue weighted by Gasteiger charge is -2.14. The summed E-state index contributed by atoms with van der Waals surface area (Å²) in [5.41, 5.74) is 0.879. The molecule has 0 aromatic heterocycles. The molecule has 1 N–H and O–H groups in total. The molecule has 1 rings (SSSR count). The lowest BCUT2D eigenvalue weighted by Crippen LogP contribution is -2.34. The molecule has 0 spiro atoms. The van der Waals surface area contributed by atoms with Crippen LogP contribution in [0.25, 0.3) is 0 Å². The first kappa shape index (κ1) is 7.32. The van der Waals surface area contributed by atoms with Crippen LogP contribution in [0, 0.1) is 0 Å². The van der Waals surface area contributed by atoms with Gasteiger partial charge in [0.15, 0.2) is 0 Å². The van der Waals surface area contributed by atoms with E-state index in [4.69, 9.17) is 0 Å². The molecule has 0 aromatic carbocycles. The standard InChI is InChI=1S/C8H13NO/c1-4-6-5-8(2,3)9-7(6)10/h4H,5H2,1-3H3,(H,9,10)/b6-4-. The van der Waals surface area contributed by atoms with Crippen LogP contribution < -0.4 is 5.32 Å².